The van der Waals surface area contributed by atoms with Gasteiger partial charge in [-0.3, -0.25) is 4.79 Å². The number of amides is 1. The summed E-state index contributed by atoms with van der Waals surface area (Å²) in [5.74, 6) is -0.699. The molecule has 0 saturated carbocycles. The fraction of sp³-hybridized carbons (Fsp3) is 0.0667. The molecule has 108 valence electrons. The Morgan fingerprint density at radius 1 is 1.24 bits per heavy atom. The largest absolute Gasteiger partial charge is 0.389 e. The Labute approximate surface area is 135 Å². The van der Waals surface area contributed by atoms with E-state index in [9.17, 15) is 9.18 Å². The number of hydrogen-bond acceptors (Lipinski definition) is 2. The van der Waals surface area contributed by atoms with Crippen LogP contribution in [0.2, 0.25) is 0 Å². The summed E-state index contributed by atoms with van der Waals surface area (Å²) in [5.41, 5.74) is 7.25. The number of halogens is 2. The monoisotopic (exact) mass is 366 g/mol. The van der Waals surface area contributed by atoms with Gasteiger partial charge in [0, 0.05) is 17.1 Å². The van der Waals surface area contributed by atoms with E-state index < -0.39 is 5.82 Å². The van der Waals surface area contributed by atoms with Gasteiger partial charge in [0.25, 0.3) is 5.91 Å². The molecule has 0 aliphatic heterocycles. The third-order valence-corrected chi connectivity index (χ3v) is 3.87. The summed E-state index contributed by atoms with van der Waals surface area (Å²) in [6.07, 6.45) is 0. The molecular weight excluding hydrogens is 355 g/mol. The predicted octanol–water partition coefficient (Wildman–Crippen LogP) is 3.50. The van der Waals surface area contributed by atoms with Gasteiger partial charge in [0.1, 0.15) is 10.8 Å². The second-order valence-electron chi connectivity index (χ2n) is 4.37. The maximum absolute atomic E-state index is 13.1. The van der Waals surface area contributed by atoms with Crippen molar-refractivity contribution < 1.29 is 9.18 Å². The van der Waals surface area contributed by atoms with Crippen molar-refractivity contribution >= 4 is 44.7 Å². The lowest BCUT2D eigenvalue weighted by atomic mass is 10.1. The van der Waals surface area contributed by atoms with Crippen molar-refractivity contribution in [2.24, 2.45) is 5.73 Å². The molecule has 2 aromatic carbocycles. The molecule has 2 rings (SSSR count). The first kappa shape index (κ1) is 15.6. The summed E-state index contributed by atoms with van der Waals surface area (Å²) >= 11 is 8.19. The van der Waals surface area contributed by atoms with Gasteiger partial charge in [-0.15, -0.1) is 0 Å². The van der Waals surface area contributed by atoms with Crippen LogP contribution >= 0.6 is 28.1 Å². The van der Waals surface area contributed by atoms with Crippen LogP contribution in [0.5, 0.6) is 0 Å². The van der Waals surface area contributed by atoms with E-state index in [4.69, 9.17) is 18.0 Å². The van der Waals surface area contributed by atoms with Crippen LogP contribution in [0.1, 0.15) is 15.9 Å². The molecule has 0 atom stereocenters. The first-order chi connectivity index (χ1) is 9.91. The average Bonchev–Trinajstić information content (AvgIpc) is 2.45. The maximum Gasteiger partial charge on any atom is 0.259 e. The predicted molar refractivity (Wildman–Crippen MR) is 89.2 cm³/mol. The summed E-state index contributed by atoms with van der Waals surface area (Å²) in [5, 5.41) is 0. The van der Waals surface area contributed by atoms with Gasteiger partial charge < -0.3 is 10.6 Å². The molecule has 0 aromatic heterocycles. The molecule has 1 amide bonds. The van der Waals surface area contributed by atoms with Crippen LogP contribution in [-0.2, 0) is 0 Å². The van der Waals surface area contributed by atoms with Gasteiger partial charge in [-0.05, 0) is 46.3 Å². The van der Waals surface area contributed by atoms with Crippen LogP contribution in [-0.4, -0.2) is 17.9 Å². The van der Waals surface area contributed by atoms with E-state index in [1.807, 2.05) is 0 Å². The number of carbonyl (C=O) groups excluding carboxylic acids is 1. The number of benzene rings is 2. The van der Waals surface area contributed by atoms with Crippen molar-refractivity contribution in [2.45, 2.75) is 0 Å². The molecule has 0 saturated heterocycles. The van der Waals surface area contributed by atoms with Gasteiger partial charge in [0.2, 0.25) is 0 Å². The smallest absolute Gasteiger partial charge is 0.259 e. The molecule has 6 heteroatoms. The molecule has 0 radical (unpaired) electrons. The van der Waals surface area contributed by atoms with Crippen LogP contribution in [0, 0.1) is 5.82 Å². The Bertz CT molecular complexity index is 721. The van der Waals surface area contributed by atoms with E-state index in [1.165, 1.54) is 23.1 Å². The maximum atomic E-state index is 13.1. The zero-order valence-electron chi connectivity index (χ0n) is 11.1. The van der Waals surface area contributed by atoms with E-state index in [-0.39, 0.29) is 10.9 Å². The highest BCUT2D eigenvalue weighted by Crippen LogP contribution is 2.24. The summed E-state index contributed by atoms with van der Waals surface area (Å²) < 4.78 is 13.5. The van der Waals surface area contributed by atoms with Gasteiger partial charge >= 0.3 is 0 Å². The minimum Gasteiger partial charge on any atom is -0.389 e. The highest BCUT2D eigenvalue weighted by Gasteiger charge is 2.19. The van der Waals surface area contributed by atoms with Crippen LogP contribution in [0.3, 0.4) is 0 Å². The number of nitrogens with zero attached hydrogens (tertiary/aromatic N) is 1. The number of thiocarbonyl (C=S) groups is 1. The Morgan fingerprint density at radius 2 is 1.90 bits per heavy atom. The molecule has 0 aliphatic carbocycles. The summed E-state index contributed by atoms with van der Waals surface area (Å²) in [6.45, 7) is 0. The lowest BCUT2D eigenvalue weighted by Crippen LogP contribution is -2.29. The molecule has 0 heterocycles. The minimum absolute atomic E-state index is 0.212. The Morgan fingerprint density at radius 3 is 2.52 bits per heavy atom. The molecule has 21 heavy (non-hydrogen) atoms. The molecule has 2 N–H and O–H groups in total. The lowest BCUT2D eigenvalue weighted by Gasteiger charge is -2.21. The normalized spacial score (nSPS) is 10.2. The standard InChI is InChI=1S/C15H12BrFN2OS/c1-19(13-5-3-2-4-11(13)14(18)21)15(20)10-7-6-9(17)8-12(10)16/h2-8H,1H3,(H2,18,21). The van der Waals surface area contributed by atoms with Crippen molar-refractivity contribution in [2.75, 3.05) is 11.9 Å². The van der Waals surface area contributed by atoms with Crippen molar-refractivity contribution in [3.63, 3.8) is 0 Å². The van der Waals surface area contributed by atoms with E-state index >= 15 is 0 Å². The zero-order valence-corrected chi connectivity index (χ0v) is 13.5. The molecule has 0 aliphatic rings. The third kappa shape index (κ3) is 3.28. The molecular formula is C15H12BrFN2OS. The Balaban J connectivity index is 2.42. The molecule has 0 bridgehead atoms. The van der Waals surface area contributed by atoms with Crippen LogP contribution in [0.4, 0.5) is 10.1 Å². The van der Waals surface area contributed by atoms with E-state index in [1.54, 1.807) is 31.3 Å². The van der Waals surface area contributed by atoms with E-state index in [0.717, 1.165) is 0 Å². The third-order valence-electron chi connectivity index (χ3n) is 3.00. The van der Waals surface area contributed by atoms with E-state index in [2.05, 4.69) is 15.9 Å². The van der Waals surface area contributed by atoms with Gasteiger partial charge in [-0.1, -0.05) is 24.4 Å². The van der Waals surface area contributed by atoms with Gasteiger partial charge in [-0.25, -0.2) is 4.39 Å². The van der Waals surface area contributed by atoms with Crippen LogP contribution in [0.15, 0.2) is 46.9 Å². The minimum atomic E-state index is -0.412. The molecule has 0 fully saturated rings. The molecule has 2 aromatic rings. The number of anilines is 1. The fourth-order valence-corrected chi connectivity index (χ4v) is 2.62. The van der Waals surface area contributed by atoms with Crippen molar-refractivity contribution in [1.82, 2.24) is 0 Å². The first-order valence-corrected chi connectivity index (χ1v) is 7.24. The van der Waals surface area contributed by atoms with Crippen molar-refractivity contribution in [1.29, 1.82) is 0 Å². The lowest BCUT2D eigenvalue weighted by molar-refractivity contribution is 0.0992. The van der Waals surface area contributed by atoms with Gasteiger partial charge in [0.15, 0.2) is 0 Å². The van der Waals surface area contributed by atoms with Crippen molar-refractivity contribution in [3.05, 3.63) is 63.9 Å². The second-order valence-corrected chi connectivity index (χ2v) is 5.66. The van der Waals surface area contributed by atoms with E-state index in [0.29, 0.717) is 21.3 Å². The average molecular weight is 367 g/mol. The SMILES string of the molecule is CN(C(=O)c1ccc(F)cc1Br)c1ccccc1C(N)=S. The number of nitrogens with two attached hydrogens (primary N) is 1. The topological polar surface area (TPSA) is 46.3 Å². The zero-order chi connectivity index (χ0) is 15.6. The van der Waals surface area contributed by atoms with Crippen LogP contribution < -0.4 is 10.6 Å². The fourth-order valence-electron chi connectivity index (χ4n) is 1.93. The summed E-state index contributed by atoms with van der Waals surface area (Å²) in [4.78, 5) is 14.2. The highest BCUT2D eigenvalue weighted by molar-refractivity contribution is 9.10. The summed E-state index contributed by atoms with van der Waals surface area (Å²) in [7, 11) is 1.62. The van der Waals surface area contributed by atoms with Crippen LogP contribution in [0.25, 0.3) is 0 Å². The molecule has 3 nitrogen and oxygen atoms in total. The Hall–Kier alpha value is -1.79. The van der Waals surface area contributed by atoms with Gasteiger partial charge in [0.05, 0.1) is 11.3 Å². The number of hydrogen-bond donors (Lipinski definition) is 1. The highest BCUT2D eigenvalue weighted by atomic mass is 79.9. The second kappa shape index (κ2) is 6.32. The Kier molecular flexibility index (Phi) is 4.69. The van der Waals surface area contributed by atoms with Gasteiger partial charge in [-0.2, -0.15) is 0 Å². The number of carbonyl (C=O) groups is 1. The molecule has 0 spiro atoms. The summed E-state index contributed by atoms with van der Waals surface area (Å²) in [6, 6.07) is 11.0. The van der Waals surface area contributed by atoms with Crippen molar-refractivity contribution in [3.8, 4) is 0 Å². The quantitative estimate of drug-likeness (QED) is 0.845. The molecule has 0 unspecified atom stereocenters. The number of para-hydroxylation sites is 1. The number of rotatable bonds is 3. The first-order valence-electron chi connectivity index (χ1n) is 6.03.